The topological polar surface area (TPSA) is 48.0 Å². The van der Waals surface area contributed by atoms with Gasteiger partial charge in [0.05, 0.1) is 25.9 Å². The van der Waals surface area contributed by atoms with Crippen LogP contribution in [0.3, 0.4) is 0 Å². The van der Waals surface area contributed by atoms with Crippen molar-refractivity contribution in [1.82, 2.24) is 4.90 Å². The molecule has 5 nitrogen and oxygen atoms in total. The third-order valence-corrected chi connectivity index (χ3v) is 9.48. The maximum atomic E-state index is 13.7. The lowest BCUT2D eigenvalue weighted by molar-refractivity contribution is -0.0234. The first-order chi connectivity index (χ1) is 20.2. The quantitative estimate of drug-likeness (QED) is 0.175. The first-order valence-corrected chi connectivity index (χ1v) is 18.4. The molecule has 1 saturated heterocycles. The van der Waals surface area contributed by atoms with E-state index in [1.165, 1.54) is 12.1 Å². The number of carbonyl (C=O) groups excluding carboxylic acids is 1. The van der Waals surface area contributed by atoms with Crippen molar-refractivity contribution in [3.63, 3.8) is 0 Å². The summed E-state index contributed by atoms with van der Waals surface area (Å²) < 4.78 is 32.2. The van der Waals surface area contributed by atoms with Crippen LogP contribution in [0, 0.1) is 5.82 Å². The fourth-order valence-electron chi connectivity index (χ4n) is 5.35. The lowest BCUT2D eigenvalue weighted by atomic mass is 9.87. The molecule has 0 radical (unpaired) electrons. The van der Waals surface area contributed by atoms with Crippen LogP contribution in [0.2, 0.25) is 25.7 Å². The Bertz CT molecular complexity index is 1470. The molecule has 0 aromatic heterocycles. The van der Waals surface area contributed by atoms with Crippen LogP contribution in [0.4, 0.5) is 9.18 Å². The van der Waals surface area contributed by atoms with Crippen molar-refractivity contribution in [2.75, 3.05) is 19.7 Å². The first kappa shape index (κ1) is 29.8. The van der Waals surface area contributed by atoms with E-state index in [4.69, 9.17) is 14.2 Å². The smallest absolute Gasteiger partial charge is 0.409 e. The zero-order chi connectivity index (χ0) is 29.5. The van der Waals surface area contributed by atoms with E-state index in [9.17, 15) is 9.18 Å². The third-order valence-electron chi connectivity index (χ3n) is 7.78. The molecule has 5 rings (SSSR count). The molecule has 1 heterocycles. The summed E-state index contributed by atoms with van der Waals surface area (Å²) in [7, 11) is -1.31. The van der Waals surface area contributed by atoms with Gasteiger partial charge in [0.1, 0.15) is 18.2 Å². The summed E-state index contributed by atoms with van der Waals surface area (Å²) in [5.74, 6) is 0.576. The van der Waals surface area contributed by atoms with Gasteiger partial charge in [0.2, 0.25) is 0 Å². The summed E-state index contributed by atoms with van der Waals surface area (Å²) in [5, 5.41) is 2.12. The molecule has 4 aromatic rings. The number of ether oxygens (including phenoxy) is 3. The van der Waals surface area contributed by atoms with Crippen molar-refractivity contribution in [2.24, 2.45) is 0 Å². The zero-order valence-corrected chi connectivity index (χ0v) is 25.7. The highest BCUT2D eigenvalue weighted by atomic mass is 28.3. The number of nitrogens with zero attached hydrogens (tertiary/aromatic N) is 1. The van der Waals surface area contributed by atoms with Gasteiger partial charge in [-0.25, -0.2) is 9.18 Å². The molecule has 1 aliphatic heterocycles. The average Bonchev–Trinajstić information content (AvgIpc) is 2.99. The van der Waals surface area contributed by atoms with E-state index in [1.54, 1.807) is 4.90 Å². The Labute approximate surface area is 249 Å². The van der Waals surface area contributed by atoms with Crippen LogP contribution >= 0.6 is 0 Å². The first-order valence-electron chi connectivity index (χ1n) is 14.7. The Morgan fingerprint density at radius 3 is 2.40 bits per heavy atom. The summed E-state index contributed by atoms with van der Waals surface area (Å²) in [4.78, 5) is 14.7. The minimum Gasteiger partial charge on any atom is -0.488 e. The lowest BCUT2D eigenvalue weighted by Crippen LogP contribution is -2.47. The van der Waals surface area contributed by atoms with E-state index in [0.29, 0.717) is 39.3 Å². The standard InChI is InChI=1S/C35H40FNO4Si/c1-42(2,3)20-19-39-35(38)37-18-17-32(28-13-15-30(36)16-14-28)34(23-37)41-25-27-21-29-11-7-8-12-31(29)33(22-27)40-24-26-9-5-4-6-10-26/h4-16,21-22,32,34H,17-20,23-25H2,1-3H3. The summed E-state index contributed by atoms with van der Waals surface area (Å²) >= 11 is 0. The largest absolute Gasteiger partial charge is 0.488 e. The van der Waals surface area contributed by atoms with Gasteiger partial charge in [-0.05, 0) is 58.8 Å². The maximum absolute atomic E-state index is 13.7. The van der Waals surface area contributed by atoms with Crippen LogP contribution in [0.1, 0.15) is 29.0 Å². The Hall–Kier alpha value is -3.68. The molecule has 1 aliphatic rings. The number of likely N-dealkylation sites (tertiary alicyclic amines) is 1. The molecule has 0 saturated carbocycles. The molecule has 7 heteroatoms. The number of rotatable bonds is 10. The molecule has 4 aromatic carbocycles. The predicted molar refractivity (Wildman–Crippen MR) is 168 cm³/mol. The molecule has 0 spiro atoms. The van der Waals surface area contributed by atoms with Gasteiger partial charge < -0.3 is 19.1 Å². The highest BCUT2D eigenvalue weighted by molar-refractivity contribution is 6.76. The van der Waals surface area contributed by atoms with Crippen LogP contribution in [0.5, 0.6) is 5.75 Å². The summed E-state index contributed by atoms with van der Waals surface area (Å²) in [6.07, 6.45) is 0.151. The summed E-state index contributed by atoms with van der Waals surface area (Å²) in [6.45, 7) is 9.06. The molecule has 1 fully saturated rings. The molecule has 220 valence electrons. The number of piperidine rings is 1. The van der Waals surface area contributed by atoms with Gasteiger partial charge in [-0.2, -0.15) is 0 Å². The zero-order valence-electron chi connectivity index (χ0n) is 24.7. The van der Waals surface area contributed by atoms with Gasteiger partial charge in [0.25, 0.3) is 0 Å². The third kappa shape index (κ3) is 7.99. The van der Waals surface area contributed by atoms with Crippen LogP contribution < -0.4 is 4.74 Å². The molecular formula is C35H40FNO4Si. The van der Waals surface area contributed by atoms with Gasteiger partial charge >= 0.3 is 6.09 Å². The Morgan fingerprint density at radius 1 is 0.905 bits per heavy atom. The maximum Gasteiger partial charge on any atom is 0.409 e. The van der Waals surface area contributed by atoms with E-state index >= 15 is 0 Å². The van der Waals surface area contributed by atoms with E-state index in [-0.39, 0.29) is 23.9 Å². The van der Waals surface area contributed by atoms with Gasteiger partial charge in [-0.15, -0.1) is 0 Å². The van der Waals surface area contributed by atoms with Gasteiger partial charge in [0.15, 0.2) is 0 Å². The summed E-state index contributed by atoms with van der Waals surface area (Å²) in [5.41, 5.74) is 3.10. The van der Waals surface area contributed by atoms with Crippen molar-refractivity contribution in [1.29, 1.82) is 0 Å². The van der Waals surface area contributed by atoms with Crippen molar-refractivity contribution in [3.8, 4) is 5.75 Å². The minimum absolute atomic E-state index is 0.0332. The SMILES string of the molecule is C[Si](C)(C)CCOC(=O)N1CCC(c2ccc(F)cc2)C(OCc2cc(OCc3ccccc3)c3ccccc3c2)C1. The van der Waals surface area contributed by atoms with E-state index in [2.05, 4.69) is 50.0 Å². The molecule has 0 bridgehead atoms. The highest BCUT2D eigenvalue weighted by Crippen LogP contribution is 2.33. The number of carbonyl (C=O) groups is 1. The van der Waals surface area contributed by atoms with Crippen LogP contribution in [0.15, 0.2) is 91.0 Å². The second-order valence-electron chi connectivity index (χ2n) is 12.3. The van der Waals surface area contributed by atoms with Crippen molar-refractivity contribution in [3.05, 3.63) is 114 Å². The number of halogens is 1. The molecule has 1 amide bonds. The highest BCUT2D eigenvalue weighted by Gasteiger charge is 2.34. The number of hydrogen-bond donors (Lipinski definition) is 0. The molecular weight excluding hydrogens is 545 g/mol. The van der Waals surface area contributed by atoms with Gasteiger partial charge in [-0.1, -0.05) is 86.4 Å². The van der Waals surface area contributed by atoms with Crippen molar-refractivity contribution >= 4 is 24.9 Å². The van der Waals surface area contributed by atoms with Crippen LogP contribution in [-0.2, 0) is 22.7 Å². The van der Waals surface area contributed by atoms with Crippen LogP contribution in [-0.4, -0.2) is 44.9 Å². The Balaban J connectivity index is 1.33. The molecule has 2 unspecified atom stereocenters. The number of hydrogen-bond acceptors (Lipinski definition) is 4. The van der Waals surface area contributed by atoms with Crippen molar-refractivity contribution in [2.45, 2.75) is 57.3 Å². The predicted octanol–water partition coefficient (Wildman–Crippen LogP) is 8.41. The Kier molecular flexibility index (Phi) is 9.60. The number of fused-ring (bicyclic) bond motifs is 1. The average molecular weight is 586 g/mol. The van der Waals surface area contributed by atoms with Crippen LogP contribution in [0.25, 0.3) is 10.8 Å². The van der Waals surface area contributed by atoms with E-state index in [0.717, 1.165) is 39.3 Å². The molecule has 42 heavy (non-hydrogen) atoms. The van der Waals surface area contributed by atoms with Gasteiger partial charge in [-0.3, -0.25) is 0 Å². The second-order valence-corrected chi connectivity index (χ2v) is 17.9. The lowest BCUT2D eigenvalue weighted by Gasteiger charge is -2.38. The van der Waals surface area contributed by atoms with Gasteiger partial charge in [0, 0.05) is 25.9 Å². The fourth-order valence-corrected chi connectivity index (χ4v) is 6.07. The Morgan fingerprint density at radius 2 is 1.64 bits per heavy atom. The number of benzene rings is 4. The fraction of sp³-hybridized carbons (Fsp3) is 0.343. The minimum atomic E-state index is -1.31. The molecule has 0 aliphatic carbocycles. The van der Waals surface area contributed by atoms with E-state index < -0.39 is 8.07 Å². The number of amides is 1. The van der Waals surface area contributed by atoms with Crippen molar-refractivity contribution < 1.29 is 23.4 Å². The second kappa shape index (κ2) is 13.5. The monoisotopic (exact) mass is 585 g/mol. The molecule has 0 N–H and O–H groups in total. The summed E-state index contributed by atoms with van der Waals surface area (Å²) in [6, 6.07) is 30.0. The molecule has 2 atom stereocenters. The normalized spacial score (nSPS) is 17.3. The van der Waals surface area contributed by atoms with E-state index in [1.807, 2.05) is 48.5 Å².